The van der Waals surface area contributed by atoms with Crippen LogP contribution in [-0.2, 0) is 69.1 Å². The lowest BCUT2D eigenvalue weighted by molar-refractivity contribution is -0.438. The lowest BCUT2D eigenvalue weighted by Gasteiger charge is -2.27. The molecule has 0 saturated heterocycles. The van der Waals surface area contributed by atoms with Crippen molar-refractivity contribution in [3.63, 3.8) is 0 Å². The van der Waals surface area contributed by atoms with Gasteiger partial charge in [-0.1, -0.05) is 68.8 Å². The van der Waals surface area contributed by atoms with Crippen LogP contribution in [0.3, 0.4) is 0 Å². The minimum Gasteiger partial charge on any atom is -0.748 e. The molecule has 81 heavy (non-hydrogen) atoms. The molecule has 2 aromatic rings. The van der Waals surface area contributed by atoms with Crippen LogP contribution in [-0.4, -0.2) is 171 Å². The van der Waals surface area contributed by atoms with E-state index in [0.29, 0.717) is 90.2 Å². The lowest BCUT2D eigenvalue weighted by atomic mass is 9.81. The van der Waals surface area contributed by atoms with Gasteiger partial charge in [-0.05, 0) is 82.2 Å². The van der Waals surface area contributed by atoms with E-state index in [2.05, 4.69) is 45.3 Å². The Bertz CT molecular complexity index is 2760. The van der Waals surface area contributed by atoms with Gasteiger partial charge in [0.1, 0.15) is 19.8 Å². The fourth-order valence-electron chi connectivity index (χ4n) is 9.51. The Morgan fingerprint density at radius 3 is 1.96 bits per heavy atom. The normalized spacial score (nSPS) is 15.7. The number of esters is 1. The SMILES string of the molecule is COCCOCCOC(=O)CC(CCCCNC(=O)OCCOCCOC)C(=O)NCCCNC(=O)c1ccc2c(c1)C(C)(C)C(=CC=CC=CC=CC1=[N+](CCCCS(=O)(=O)[O-])c3ccccc3C1(C)C)N2CCCCS(=O)(=O)[O-]. The number of carbonyl (C=O) groups is 4. The highest BCUT2D eigenvalue weighted by atomic mass is 32.2. The molecule has 0 aromatic heterocycles. The molecule has 23 heteroatoms. The number of anilines is 1. The van der Waals surface area contributed by atoms with Crippen LogP contribution in [0.2, 0.25) is 0 Å². The molecule has 0 saturated carbocycles. The van der Waals surface area contributed by atoms with Crippen molar-refractivity contribution < 1.29 is 78.1 Å². The zero-order valence-electron chi connectivity index (χ0n) is 47.9. The molecule has 0 spiro atoms. The fourth-order valence-corrected chi connectivity index (χ4v) is 10.6. The Morgan fingerprint density at radius 2 is 1.27 bits per heavy atom. The molecule has 2 aliphatic heterocycles. The summed E-state index contributed by atoms with van der Waals surface area (Å²) in [5.41, 5.74) is 5.37. The fraction of sp³-hybridized carbons (Fsp3) is 0.569. The van der Waals surface area contributed by atoms with Crippen molar-refractivity contribution in [1.82, 2.24) is 16.0 Å². The number of nitrogens with zero attached hydrogens (tertiary/aromatic N) is 2. The van der Waals surface area contributed by atoms with Gasteiger partial charge in [-0.3, -0.25) is 14.4 Å². The molecule has 0 aliphatic carbocycles. The maximum absolute atomic E-state index is 13.6. The van der Waals surface area contributed by atoms with Crippen LogP contribution in [0.15, 0.2) is 90.7 Å². The molecule has 4 rings (SSSR count). The third-order valence-corrected chi connectivity index (χ3v) is 15.3. The summed E-state index contributed by atoms with van der Waals surface area (Å²) in [6.45, 7) is 12.2. The van der Waals surface area contributed by atoms with E-state index in [1.54, 1.807) is 20.3 Å². The van der Waals surface area contributed by atoms with Crippen LogP contribution in [0.25, 0.3) is 0 Å². The minimum absolute atomic E-state index is 0.0242. The van der Waals surface area contributed by atoms with Crippen molar-refractivity contribution in [3.8, 4) is 0 Å². The predicted molar refractivity (Wildman–Crippen MR) is 307 cm³/mol. The first-order valence-electron chi connectivity index (χ1n) is 27.6. The molecule has 0 bridgehead atoms. The van der Waals surface area contributed by atoms with E-state index in [9.17, 15) is 45.1 Å². The number of hydrogen-bond donors (Lipinski definition) is 3. The van der Waals surface area contributed by atoms with E-state index in [1.165, 1.54) is 0 Å². The molecule has 3 amide bonds. The number of amides is 3. The molecule has 3 N–H and O–H groups in total. The summed E-state index contributed by atoms with van der Waals surface area (Å²) < 4.78 is 101. The second kappa shape index (κ2) is 34.6. The average Bonchev–Trinajstić information content (AvgIpc) is 3.76. The molecule has 2 aliphatic rings. The molecule has 2 aromatic carbocycles. The van der Waals surface area contributed by atoms with Gasteiger partial charge in [0.15, 0.2) is 5.71 Å². The van der Waals surface area contributed by atoms with Gasteiger partial charge in [-0.15, -0.1) is 0 Å². The van der Waals surface area contributed by atoms with Crippen molar-refractivity contribution >= 4 is 61.2 Å². The summed E-state index contributed by atoms with van der Waals surface area (Å²) in [7, 11) is -5.57. The lowest BCUT2D eigenvalue weighted by Crippen LogP contribution is -2.35. The maximum Gasteiger partial charge on any atom is 0.407 e. The van der Waals surface area contributed by atoms with E-state index in [1.807, 2.05) is 86.7 Å². The first-order chi connectivity index (χ1) is 38.6. The van der Waals surface area contributed by atoms with Crippen molar-refractivity contribution in [2.45, 2.75) is 96.3 Å². The molecular formula is C58H84N5O16S2-. The second-order valence-electron chi connectivity index (χ2n) is 20.6. The zero-order valence-corrected chi connectivity index (χ0v) is 49.5. The van der Waals surface area contributed by atoms with E-state index in [-0.39, 0.29) is 76.0 Å². The van der Waals surface area contributed by atoms with E-state index in [4.69, 9.17) is 28.4 Å². The Morgan fingerprint density at radius 1 is 0.654 bits per heavy atom. The summed E-state index contributed by atoms with van der Waals surface area (Å²) in [4.78, 5) is 54.0. The van der Waals surface area contributed by atoms with Gasteiger partial charge < -0.3 is 58.4 Å². The van der Waals surface area contributed by atoms with Crippen LogP contribution in [0.4, 0.5) is 16.2 Å². The van der Waals surface area contributed by atoms with Crippen molar-refractivity contribution in [2.24, 2.45) is 5.92 Å². The van der Waals surface area contributed by atoms with E-state index < -0.39 is 55.1 Å². The second-order valence-corrected chi connectivity index (χ2v) is 23.6. The summed E-state index contributed by atoms with van der Waals surface area (Å²) in [6, 6.07) is 13.5. The first kappa shape index (κ1) is 67.7. The highest BCUT2D eigenvalue weighted by Gasteiger charge is 2.44. The Hall–Kier alpha value is -5.79. The average molecular weight is 1170 g/mol. The number of alkyl carbamates (subject to hydrolysis) is 1. The Kier molecular flexibility index (Phi) is 28.9. The van der Waals surface area contributed by atoms with Crippen molar-refractivity contribution in [3.05, 3.63) is 107 Å². The highest BCUT2D eigenvalue weighted by Crippen LogP contribution is 2.48. The van der Waals surface area contributed by atoms with E-state index >= 15 is 0 Å². The highest BCUT2D eigenvalue weighted by molar-refractivity contribution is 7.85. The summed E-state index contributed by atoms with van der Waals surface area (Å²) in [6.07, 6.45) is 16.1. The molecule has 450 valence electrons. The van der Waals surface area contributed by atoms with E-state index in [0.717, 1.165) is 33.9 Å². The van der Waals surface area contributed by atoms with Crippen LogP contribution in [0, 0.1) is 5.92 Å². The standard InChI is InChI=1S/C58H85N5O16S2/c1-57(2)47-22-12-13-23-49(47)62(31-16-18-41-80(68,69)70)51(57)24-10-8-7-9-11-25-52-58(3,4)48-43-46(26-27-50(48)63(52)32-17-19-42-81(71,72)73)55(66)60-30-20-29-59-54(65)45(44-53(64)78-39-37-76-35-33-74-5)21-14-15-28-61-56(67)79-40-38-77-36-34-75-6/h7-13,22-27,43,45H,14-21,28-42,44H2,1-6H3,(H4-,59,60,61,65,66,67,68,69,70,71,72,73)/p-1. The number of hydrogen-bond acceptors (Lipinski definition) is 17. The number of nitrogens with one attached hydrogen (secondary N) is 3. The quantitative estimate of drug-likeness (QED) is 0.0225. The number of fused-ring (bicyclic) bond motifs is 2. The number of para-hydroxylation sites is 1. The number of ether oxygens (including phenoxy) is 6. The monoisotopic (exact) mass is 1170 g/mol. The molecule has 0 radical (unpaired) electrons. The number of carbonyl (C=O) groups excluding carboxylic acids is 4. The molecule has 21 nitrogen and oxygen atoms in total. The first-order valence-corrected chi connectivity index (χ1v) is 30.8. The molecule has 1 unspecified atom stereocenters. The Labute approximate surface area is 479 Å². The molecule has 0 fully saturated rings. The van der Waals surface area contributed by atoms with Gasteiger partial charge in [0, 0.05) is 104 Å². The van der Waals surface area contributed by atoms with Crippen LogP contribution in [0.5, 0.6) is 0 Å². The maximum atomic E-state index is 13.6. The third kappa shape index (κ3) is 23.5. The van der Waals surface area contributed by atoms with Gasteiger partial charge in [0.2, 0.25) is 11.6 Å². The summed E-state index contributed by atoms with van der Waals surface area (Å²) in [5.74, 6) is -2.78. The van der Waals surface area contributed by atoms with Gasteiger partial charge in [-0.2, -0.15) is 4.58 Å². The Balaban J connectivity index is 1.37. The van der Waals surface area contributed by atoms with Crippen LogP contribution >= 0.6 is 0 Å². The van der Waals surface area contributed by atoms with Gasteiger partial charge in [0.05, 0.1) is 71.7 Å². The van der Waals surface area contributed by atoms with Gasteiger partial charge in [-0.25, -0.2) is 21.6 Å². The largest absolute Gasteiger partial charge is 0.748 e. The minimum atomic E-state index is -4.39. The van der Waals surface area contributed by atoms with Crippen molar-refractivity contribution in [2.75, 3.05) is 116 Å². The predicted octanol–water partition coefficient (Wildman–Crippen LogP) is 6.07. The topological polar surface area (TPSA) is 280 Å². The smallest absolute Gasteiger partial charge is 0.407 e. The van der Waals surface area contributed by atoms with Gasteiger partial charge >= 0.3 is 12.1 Å². The van der Waals surface area contributed by atoms with Crippen LogP contribution in [0.1, 0.15) is 107 Å². The van der Waals surface area contributed by atoms with Crippen molar-refractivity contribution in [1.29, 1.82) is 0 Å². The molecular weight excluding hydrogens is 1090 g/mol. The number of benzene rings is 2. The summed E-state index contributed by atoms with van der Waals surface area (Å²) >= 11 is 0. The summed E-state index contributed by atoms with van der Waals surface area (Å²) in [5, 5.41) is 8.50. The molecule has 2 heterocycles. The third-order valence-electron chi connectivity index (χ3n) is 13.7. The zero-order chi connectivity index (χ0) is 59.3. The molecule has 1 atom stereocenters. The number of methoxy groups -OCH3 is 2. The van der Waals surface area contributed by atoms with Gasteiger partial charge in [0.25, 0.3) is 5.91 Å². The number of rotatable bonds is 39. The number of unbranched alkanes of at least 4 members (excludes halogenated alkanes) is 3. The number of allylic oxidation sites excluding steroid dienone is 8. The van der Waals surface area contributed by atoms with Crippen LogP contribution < -0.4 is 20.9 Å².